The summed E-state index contributed by atoms with van der Waals surface area (Å²) in [6.07, 6.45) is 8.88. The number of hydrogen-bond acceptors (Lipinski definition) is 4. The van der Waals surface area contributed by atoms with E-state index in [1.165, 1.54) is 45.6 Å². The molecule has 4 aliphatic rings. The Hall–Kier alpha value is -1.14. The van der Waals surface area contributed by atoms with Crippen LogP contribution in [-0.4, -0.2) is 23.7 Å². The Balaban J connectivity index is 1.48. The molecule has 0 aromatic carbocycles. The molecule has 136 valence electrons. The molecule has 2 N–H and O–H groups in total. The maximum Gasteiger partial charge on any atom is 0.340 e. The highest BCUT2D eigenvalue weighted by atomic mass is 32.1. The first-order chi connectivity index (χ1) is 12.0. The quantitative estimate of drug-likeness (QED) is 0.602. The number of aryl methyl sites for hydroxylation is 1. The van der Waals surface area contributed by atoms with Crippen LogP contribution in [0.2, 0.25) is 0 Å². The van der Waals surface area contributed by atoms with Crippen molar-refractivity contribution in [1.29, 1.82) is 0 Å². The van der Waals surface area contributed by atoms with Gasteiger partial charge in [-0.25, -0.2) is 4.79 Å². The van der Waals surface area contributed by atoms with E-state index in [1.54, 1.807) is 11.3 Å². The Kier molecular flexibility index (Phi) is 4.52. The number of rotatable bonds is 4. The predicted molar refractivity (Wildman–Crippen MR) is 105 cm³/mol. The first kappa shape index (κ1) is 17.3. The van der Waals surface area contributed by atoms with Crippen molar-refractivity contribution in [2.45, 2.75) is 57.4 Å². The number of anilines is 1. The second kappa shape index (κ2) is 6.54. The van der Waals surface area contributed by atoms with Crippen molar-refractivity contribution in [3.63, 3.8) is 0 Å². The molecule has 0 spiro atoms. The number of thiocarbonyl (C=S) groups is 1. The van der Waals surface area contributed by atoms with Gasteiger partial charge in [0.15, 0.2) is 5.11 Å². The molecule has 1 aromatic heterocycles. The van der Waals surface area contributed by atoms with Crippen LogP contribution in [0.5, 0.6) is 0 Å². The minimum Gasteiger partial charge on any atom is -0.465 e. The third kappa shape index (κ3) is 3.31. The van der Waals surface area contributed by atoms with Crippen LogP contribution in [0.1, 0.15) is 60.7 Å². The minimum atomic E-state index is -0.309. The van der Waals surface area contributed by atoms with Gasteiger partial charge >= 0.3 is 5.97 Å². The second-order valence-electron chi connectivity index (χ2n) is 8.08. The van der Waals surface area contributed by atoms with Gasteiger partial charge in [0, 0.05) is 10.4 Å². The molecule has 0 aliphatic heterocycles. The lowest BCUT2D eigenvalue weighted by Gasteiger charge is -2.57. The van der Waals surface area contributed by atoms with Crippen LogP contribution >= 0.6 is 23.6 Å². The number of carbonyl (C=O) groups is 1. The smallest absolute Gasteiger partial charge is 0.340 e. The number of hydrogen-bond donors (Lipinski definition) is 2. The van der Waals surface area contributed by atoms with Gasteiger partial charge in [0.1, 0.15) is 5.00 Å². The lowest BCUT2D eigenvalue weighted by atomic mass is 9.53. The van der Waals surface area contributed by atoms with Gasteiger partial charge in [-0.05, 0) is 81.0 Å². The molecule has 25 heavy (non-hydrogen) atoms. The van der Waals surface area contributed by atoms with Crippen molar-refractivity contribution in [3.05, 3.63) is 16.5 Å². The van der Waals surface area contributed by atoms with Crippen LogP contribution in [0, 0.1) is 17.8 Å². The van der Waals surface area contributed by atoms with Gasteiger partial charge in [-0.15, -0.1) is 11.3 Å². The molecule has 6 heteroatoms. The Labute approximate surface area is 158 Å². The average Bonchev–Trinajstić information content (AvgIpc) is 2.95. The number of nitrogens with one attached hydrogen (secondary N) is 2. The van der Waals surface area contributed by atoms with Crippen molar-refractivity contribution < 1.29 is 9.53 Å². The number of esters is 1. The van der Waals surface area contributed by atoms with E-state index < -0.39 is 0 Å². The molecule has 0 radical (unpaired) electrons. The Morgan fingerprint density at radius 2 is 1.88 bits per heavy atom. The summed E-state index contributed by atoms with van der Waals surface area (Å²) in [5.74, 6) is 2.32. The summed E-state index contributed by atoms with van der Waals surface area (Å²) < 4.78 is 4.91. The number of ether oxygens (including phenoxy) is 1. The number of carbonyl (C=O) groups excluding carboxylic acids is 1. The van der Waals surface area contributed by atoms with Gasteiger partial charge in [0.05, 0.1) is 12.7 Å². The standard InChI is InChI=1S/C19H26N2O2S2/c1-3-14-7-15(17(22)23-2)16(25-14)20-18(24)21-19-8-11-4-12(9-19)6-13(5-11)10-19/h7,11-13H,3-6,8-10H2,1-2H3,(H2,20,21,24). The highest BCUT2D eigenvalue weighted by molar-refractivity contribution is 7.80. The van der Waals surface area contributed by atoms with E-state index in [9.17, 15) is 4.79 Å². The highest BCUT2D eigenvalue weighted by Gasteiger charge is 2.51. The fourth-order valence-electron chi connectivity index (χ4n) is 5.61. The summed E-state index contributed by atoms with van der Waals surface area (Å²) in [6, 6.07) is 1.91. The first-order valence-corrected chi connectivity index (χ1v) is 10.5. The van der Waals surface area contributed by atoms with Gasteiger partial charge in [-0.2, -0.15) is 0 Å². The van der Waals surface area contributed by atoms with E-state index in [2.05, 4.69) is 17.6 Å². The van der Waals surface area contributed by atoms with Crippen LogP contribution in [0.15, 0.2) is 6.07 Å². The van der Waals surface area contributed by atoms with Gasteiger partial charge in [0.25, 0.3) is 0 Å². The van der Waals surface area contributed by atoms with Crippen LogP contribution in [0.4, 0.5) is 5.00 Å². The summed E-state index contributed by atoms with van der Waals surface area (Å²) in [7, 11) is 1.42. The molecule has 1 heterocycles. The number of methoxy groups -OCH3 is 1. The molecular formula is C19H26N2O2S2. The lowest BCUT2D eigenvalue weighted by Crippen LogP contribution is -2.60. The van der Waals surface area contributed by atoms with Crippen LogP contribution in [0.25, 0.3) is 0 Å². The molecule has 4 aliphatic carbocycles. The summed E-state index contributed by atoms with van der Waals surface area (Å²) in [5.41, 5.74) is 0.758. The average molecular weight is 379 g/mol. The number of thiophene rings is 1. The van der Waals surface area contributed by atoms with Crippen LogP contribution in [0.3, 0.4) is 0 Å². The molecule has 0 amide bonds. The normalized spacial score (nSPS) is 32.5. The van der Waals surface area contributed by atoms with E-state index in [-0.39, 0.29) is 11.5 Å². The zero-order valence-electron chi connectivity index (χ0n) is 14.9. The molecule has 4 bridgehead atoms. The Bertz CT molecular complexity index is 662. The van der Waals surface area contributed by atoms with E-state index in [0.29, 0.717) is 10.7 Å². The minimum absolute atomic E-state index is 0.176. The Morgan fingerprint density at radius 1 is 1.28 bits per heavy atom. The zero-order valence-corrected chi connectivity index (χ0v) is 16.5. The molecular weight excluding hydrogens is 352 g/mol. The highest BCUT2D eigenvalue weighted by Crippen LogP contribution is 2.55. The van der Waals surface area contributed by atoms with Crippen molar-refractivity contribution in [2.24, 2.45) is 17.8 Å². The summed E-state index contributed by atoms with van der Waals surface area (Å²) >= 11 is 7.22. The summed E-state index contributed by atoms with van der Waals surface area (Å²) in [5, 5.41) is 8.40. The predicted octanol–water partition coefficient (Wildman–Crippen LogP) is 4.35. The van der Waals surface area contributed by atoms with E-state index in [1.807, 2.05) is 6.07 Å². The SMILES string of the molecule is CCc1cc(C(=O)OC)c(NC(=S)NC23CC4CC(CC(C4)C2)C3)s1. The summed E-state index contributed by atoms with van der Waals surface area (Å²) in [6.45, 7) is 2.09. The third-order valence-corrected chi connectivity index (χ3v) is 7.58. The molecule has 5 rings (SSSR count). The molecule has 4 fully saturated rings. The second-order valence-corrected chi connectivity index (χ2v) is 9.62. The van der Waals surface area contributed by atoms with Crippen molar-refractivity contribution in [1.82, 2.24) is 5.32 Å². The molecule has 4 nitrogen and oxygen atoms in total. The Morgan fingerprint density at radius 3 is 2.40 bits per heavy atom. The van der Waals surface area contributed by atoms with Crippen molar-refractivity contribution in [2.75, 3.05) is 12.4 Å². The van der Waals surface area contributed by atoms with Gasteiger partial charge in [-0.1, -0.05) is 6.92 Å². The largest absolute Gasteiger partial charge is 0.465 e. The summed E-state index contributed by atoms with van der Waals surface area (Å²) in [4.78, 5) is 13.2. The maximum absolute atomic E-state index is 12.0. The van der Waals surface area contributed by atoms with Gasteiger partial charge in [-0.3, -0.25) is 0 Å². The lowest BCUT2D eigenvalue weighted by molar-refractivity contribution is -0.00972. The van der Waals surface area contributed by atoms with Crippen molar-refractivity contribution in [3.8, 4) is 0 Å². The van der Waals surface area contributed by atoms with E-state index >= 15 is 0 Å². The van der Waals surface area contributed by atoms with E-state index in [4.69, 9.17) is 17.0 Å². The van der Waals surface area contributed by atoms with Crippen molar-refractivity contribution >= 4 is 39.6 Å². The monoisotopic (exact) mass is 378 g/mol. The van der Waals surface area contributed by atoms with Gasteiger partial charge < -0.3 is 15.4 Å². The fourth-order valence-corrected chi connectivity index (χ4v) is 6.98. The van der Waals surface area contributed by atoms with Crippen LogP contribution in [-0.2, 0) is 11.2 Å². The first-order valence-electron chi connectivity index (χ1n) is 9.30. The molecule has 0 saturated heterocycles. The van der Waals surface area contributed by atoms with E-state index in [0.717, 1.165) is 34.1 Å². The molecule has 1 aromatic rings. The molecule has 0 atom stereocenters. The zero-order chi connectivity index (χ0) is 17.6. The molecule has 0 unspecified atom stereocenters. The fraction of sp³-hybridized carbons (Fsp3) is 0.684. The maximum atomic E-state index is 12.0. The third-order valence-electron chi connectivity index (χ3n) is 6.18. The molecule has 4 saturated carbocycles. The van der Waals surface area contributed by atoms with Gasteiger partial charge in [0.2, 0.25) is 0 Å². The van der Waals surface area contributed by atoms with Crippen LogP contribution < -0.4 is 10.6 Å². The topological polar surface area (TPSA) is 50.4 Å².